The second-order valence-electron chi connectivity index (χ2n) is 6.59. The molecule has 0 aliphatic rings. The quantitative estimate of drug-likeness (QED) is 0.575. The fourth-order valence-electron chi connectivity index (χ4n) is 2.98. The predicted octanol–water partition coefficient (Wildman–Crippen LogP) is 3.78. The Morgan fingerprint density at radius 3 is 2.68 bits per heavy atom. The summed E-state index contributed by atoms with van der Waals surface area (Å²) >= 11 is 1.42. The molecule has 0 radical (unpaired) electrons. The maximum atomic E-state index is 13.0. The van der Waals surface area contributed by atoms with E-state index in [2.05, 4.69) is 15.3 Å². The predicted molar refractivity (Wildman–Crippen MR) is 112 cm³/mol. The van der Waals surface area contributed by atoms with E-state index in [1.165, 1.54) is 22.2 Å². The van der Waals surface area contributed by atoms with Crippen LogP contribution in [-0.2, 0) is 11.3 Å². The first-order chi connectivity index (χ1) is 13.5. The number of carbonyl (C=O) groups excluding carboxylic acids is 1. The van der Waals surface area contributed by atoms with E-state index in [0.29, 0.717) is 16.0 Å². The van der Waals surface area contributed by atoms with Gasteiger partial charge in [0, 0.05) is 16.6 Å². The molecule has 0 aliphatic heterocycles. The first kappa shape index (κ1) is 18.1. The molecule has 4 aromatic rings. The van der Waals surface area contributed by atoms with Crippen LogP contribution in [0.5, 0.6) is 0 Å². The first-order valence-corrected chi connectivity index (χ1v) is 9.66. The molecule has 0 unspecified atom stereocenters. The third kappa shape index (κ3) is 3.57. The highest BCUT2D eigenvalue weighted by Gasteiger charge is 2.15. The Kier molecular flexibility index (Phi) is 4.75. The number of carbonyl (C=O) groups is 1. The number of aromatic nitrogens is 3. The number of aryl methyl sites for hydroxylation is 2. The van der Waals surface area contributed by atoms with Crippen molar-refractivity contribution in [3.8, 4) is 11.1 Å². The fourth-order valence-corrected chi connectivity index (χ4v) is 3.88. The standard InChI is InChI=1S/C21H18N4O2S/c1-13-6-8-15(9-7-13)16-11-28-20-19(16)21(27)25(12-22-20)10-18(26)24-17-5-3-4-14(2)23-17/h3-9,11-12H,10H2,1-2H3,(H,23,24,26). The maximum Gasteiger partial charge on any atom is 0.263 e. The summed E-state index contributed by atoms with van der Waals surface area (Å²) in [7, 11) is 0. The molecule has 0 spiro atoms. The molecular weight excluding hydrogens is 372 g/mol. The molecule has 0 saturated heterocycles. The highest BCUT2D eigenvalue weighted by Crippen LogP contribution is 2.30. The van der Waals surface area contributed by atoms with Gasteiger partial charge in [0.1, 0.15) is 17.2 Å². The smallest absolute Gasteiger partial charge is 0.263 e. The van der Waals surface area contributed by atoms with E-state index in [0.717, 1.165) is 22.4 Å². The number of amides is 1. The third-order valence-corrected chi connectivity index (χ3v) is 5.28. The molecule has 0 saturated carbocycles. The van der Waals surface area contributed by atoms with Gasteiger partial charge in [-0.15, -0.1) is 11.3 Å². The van der Waals surface area contributed by atoms with Crippen LogP contribution in [0.2, 0.25) is 0 Å². The average Bonchev–Trinajstić information content (AvgIpc) is 3.09. The van der Waals surface area contributed by atoms with Gasteiger partial charge < -0.3 is 5.32 Å². The molecule has 0 aliphatic carbocycles. The van der Waals surface area contributed by atoms with Gasteiger partial charge in [-0.1, -0.05) is 35.9 Å². The van der Waals surface area contributed by atoms with Gasteiger partial charge in [0.2, 0.25) is 5.91 Å². The van der Waals surface area contributed by atoms with Gasteiger partial charge in [-0.25, -0.2) is 9.97 Å². The number of nitrogens with one attached hydrogen (secondary N) is 1. The zero-order chi connectivity index (χ0) is 19.7. The minimum absolute atomic E-state index is 0.124. The zero-order valence-electron chi connectivity index (χ0n) is 15.5. The van der Waals surface area contributed by atoms with Gasteiger partial charge in [-0.2, -0.15) is 0 Å². The Balaban J connectivity index is 1.66. The molecule has 7 heteroatoms. The summed E-state index contributed by atoms with van der Waals surface area (Å²) in [5.74, 6) is 0.136. The summed E-state index contributed by atoms with van der Waals surface area (Å²) in [5, 5.41) is 5.19. The average molecular weight is 390 g/mol. The molecule has 3 aromatic heterocycles. The van der Waals surface area contributed by atoms with Gasteiger partial charge in [0.25, 0.3) is 5.56 Å². The number of anilines is 1. The van der Waals surface area contributed by atoms with Crippen molar-refractivity contribution >= 4 is 33.3 Å². The number of benzene rings is 1. The van der Waals surface area contributed by atoms with E-state index >= 15 is 0 Å². The number of rotatable bonds is 4. The fraction of sp³-hybridized carbons (Fsp3) is 0.143. The molecule has 6 nitrogen and oxygen atoms in total. The number of fused-ring (bicyclic) bond motifs is 1. The Morgan fingerprint density at radius 2 is 1.93 bits per heavy atom. The minimum atomic E-state index is -0.325. The van der Waals surface area contributed by atoms with Crippen LogP contribution in [0.4, 0.5) is 5.82 Å². The second-order valence-corrected chi connectivity index (χ2v) is 7.44. The van der Waals surface area contributed by atoms with Crippen LogP contribution in [-0.4, -0.2) is 20.4 Å². The lowest BCUT2D eigenvalue weighted by Crippen LogP contribution is -2.28. The molecule has 28 heavy (non-hydrogen) atoms. The highest BCUT2D eigenvalue weighted by molar-refractivity contribution is 7.17. The van der Waals surface area contributed by atoms with Crippen molar-refractivity contribution < 1.29 is 4.79 Å². The summed E-state index contributed by atoms with van der Waals surface area (Å²) < 4.78 is 1.33. The Labute approximate surface area is 165 Å². The van der Waals surface area contributed by atoms with Gasteiger partial charge in [0.05, 0.1) is 11.7 Å². The Bertz CT molecular complexity index is 1230. The normalized spacial score (nSPS) is 10.9. The summed E-state index contributed by atoms with van der Waals surface area (Å²) in [6.07, 6.45) is 1.42. The van der Waals surface area contributed by atoms with Crippen molar-refractivity contribution in [1.82, 2.24) is 14.5 Å². The Morgan fingerprint density at radius 1 is 1.14 bits per heavy atom. The van der Waals surface area contributed by atoms with E-state index in [-0.39, 0.29) is 18.0 Å². The van der Waals surface area contributed by atoms with Crippen LogP contribution in [0, 0.1) is 13.8 Å². The van der Waals surface area contributed by atoms with Crippen LogP contribution in [0.15, 0.2) is 59.0 Å². The van der Waals surface area contributed by atoms with Crippen LogP contribution < -0.4 is 10.9 Å². The van der Waals surface area contributed by atoms with Crippen molar-refractivity contribution in [2.45, 2.75) is 20.4 Å². The first-order valence-electron chi connectivity index (χ1n) is 8.78. The molecule has 1 N–H and O–H groups in total. The van der Waals surface area contributed by atoms with E-state index < -0.39 is 0 Å². The summed E-state index contributed by atoms with van der Waals surface area (Å²) in [6, 6.07) is 13.4. The number of thiophene rings is 1. The van der Waals surface area contributed by atoms with Crippen LogP contribution in [0.3, 0.4) is 0 Å². The van der Waals surface area contributed by atoms with Crippen LogP contribution in [0.1, 0.15) is 11.3 Å². The lowest BCUT2D eigenvalue weighted by atomic mass is 10.1. The lowest BCUT2D eigenvalue weighted by Gasteiger charge is -2.08. The van der Waals surface area contributed by atoms with Crippen molar-refractivity contribution in [1.29, 1.82) is 0 Å². The number of nitrogens with zero attached hydrogens (tertiary/aromatic N) is 3. The van der Waals surface area contributed by atoms with Gasteiger partial charge in [-0.3, -0.25) is 14.2 Å². The van der Waals surface area contributed by atoms with Gasteiger partial charge >= 0.3 is 0 Å². The van der Waals surface area contributed by atoms with Crippen molar-refractivity contribution in [2.24, 2.45) is 0 Å². The molecule has 140 valence electrons. The number of hydrogen-bond acceptors (Lipinski definition) is 5. The maximum absolute atomic E-state index is 13.0. The molecule has 3 heterocycles. The molecule has 4 rings (SSSR count). The molecule has 0 fully saturated rings. The van der Waals surface area contributed by atoms with Crippen LogP contribution >= 0.6 is 11.3 Å². The van der Waals surface area contributed by atoms with Gasteiger partial charge in [0.15, 0.2) is 0 Å². The largest absolute Gasteiger partial charge is 0.309 e. The van der Waals surface area contributed by atoms with E-state index in [1.807, 2.05) is 55.6 Å². The Hall–Kier alpha value is -3.32. The molecule has 0 atom stereocenters. The highest BCUT2D eigenvalue weighted by atomic mass is 32.1. The van der Waals surface area contributed by atoms with Crippen molar-refractivity contribution in [3.63, 3.8) is 0 Å². The van der Waals surface area contributed by atoms with E-state index in [4.69, 9.17) is 0 Å². The summed E-state index contributed by atoms with van der Waals surface area (Å²) in [4.78, 5) is 34.7. The molecule has 0 bridgehead atoms. The summed E-state index contributed by atoms with van der Waals surface area (Å²) in [5.41, 5.74) is 3.53. The second kappa shape index (κ2) is 7.36. The monoisotopic (exact) mass is 390 g/mol. The third-order valence-electron chi connectivity index (χ3n) is 4.39. The van der Waals surface area contributed by atoms with Crippen LogP contribution in [0.25, 0.3) is 21.3 Å². The lowest BCUT2D eigenvalue weighted by molar-refractivity contribution is -0.116. The van der Waals surface area contributed by atoms with Gasteiger partial charge in [-0.05, 0) is 31.5 Å². The van der Waals surface area contributed by atoms with E-state index in [1.54, 1.807) is 6.07 Å². The molecular formula is C21H18N4O2S. The van der Waals surface area contributed by atoms with Crippen molar-refractivity contribution in [2.75, 3.05) is 5.32 Å². The molecule has 1 amide bonds. The summed E-state index contributed by atoms with van der Waals surface area (Å²) in [6.45, 7) is 3.74. The number of hydrogen-bond donors (Lipinski definition) is 1. The topological polar surface area (TPSA) is 76.9 Å². The zero-order valence-corrected chi connectivity index (χ0v) is 16.3. The molecule has 1 aromatic carbocycles. The van der Waals surface area contributed by atoms with E-state index in [9.17, 15) is 9.59 Å². The minimum Gasteiger partial charge on any atom is -0.309 e. The van der Waals surface area contributed by atoms with Crippen molar-refractivity contribution in [3.05, 3.63) is 75.8 Å². The number of pyridine rings is 1. The SMILES string of the molecule is Cc1ccc(-c2csc3ncn(CC(=O)Nc4cccc(C)n4)c(=O)c23)cc1.